The van der Waals surface area contributed by atoms with Crippen molar-refractivity contribution < 1.29 is 14.9 Å². The van der Waals surface area contributed by atoms with Gasteiger partial charge in [-0.3, -0.25) is 0 Å². The maximum Gasteiger partial charge on any atom is 0.139 e. The van der Waals surface area contributed by atoms with E-state index in [2.05, 4.69) is 43.3 Å². The van der Waals surface area contributed by atoms with Crippen molar-refractivity contribution >= 4 is 21.5 Å². The molecule has 3 heteroatoms. The van der Waals surface area contributed by atoms with Crippen molar-refractivity contribution in [2.24, 2.45) is 0 Å². The summed E-state index contributed by atoms with van der Waals surface area (Å²) in [4.78, 5) is 0. The molecule has 0 spiro atoms. The van der Waals surface area contributed by atoms with E-state index in [1.807, 2.05) is 42.5 Å². The van der Waals surface area contributed by atoms with Gasteiger partial charge in [0.1, 0.15) is 23.0 Å². The number of hydrogen-bond acceptors (Lipinski definition) is 3. The molecule has 0 aliphatic carbocycles. The highest BCUT2D eigenvalue weighted by atomic mass is 16.5. The van der Waals surface area contributed by atoms with Gasteiger partial charge in [0.2, 0.25) is 0 Å². The van der Waals surface area contributed by atoms with Gasteiger partial charge in [-0.25, -0.2) is 0 Å². The van der Waals surface area contributed by atoms with Crippen LogP contribution in [-0.4, -0.2) is 10.2 Å². The number of hydrogen-bond donors (Lipinski definition) is 2. The summed E-state index contributed by atoms with van der Waals surface area (Å²) in [6.07, 6.45) is 0. The van der Waals surface area contributed by atoms with Crippen LogP contribution < -0.4 is 4.74 Å². The number of phenols is 2. The molecule has 5 aromatic carbocycles. The van der Waals surface area contributed by atoms with Crippen LogP contribution in [0.25, 0.3) is 21.5 Å². The molecule has 0 aromatic heterocycles. The quantitative estimate of drug-likeness (QED) is 0.321. The lowest BCUT2D eigenvalue weighted by molar-refractivity contribution is 0.436. The van der Waals surface area contributed by atoms with E-state index in [4.69, 9.17) is 4.74 Å². The summed E-state index contributed by atoms with van der Waals surface area (Å²) >= 11 is 0. The second kappa shape index (κ2) is 6.26. The van der Waals surface area contributed by atoms with Crippen LogP contribution in [0.2, 0.25) is 0 Å². The molecular weight excluding hydrogens is 384 g/mol. The molecule has 0 bridgehead atoms. The Balaban J connectivity index is 1.78. The number of ether oxygens (including phenoxy) is 1. The van der Waals surface area contributed by atoms with Crippen LogP contribution in [0.15, 0.2) is 91.0 Å². The summed E-state index contributed by atoms with van der Waals surface area (Å²) < 4.78 is 6.61. The minimum atomic E-state index is -0.469. The summed E-state index contributed by atoms with van der Waals surface area (Å²) in [7, 11) is 0. The van der Waals surface area contributed by atoms with Gasteiger partial charge < -0.3 is 14.9 Å². The molecule has 31 heavy (non-hydrogen) atoms. The summed E-state index contributed by atoms with van der Waals surface area (Å²) in [6, 6.07) is 29.4. The lowest BCUT2D eigenvalue weighted by Crippen LogP contribution is -2.29. The molecule has 1 heterocycles. The smallest absolute Gasteiger partial charge is 0.139 e. The Bertz CT molecular complexity index is 1390. The van der Waals surface area contributed by atoms with E-state index in [1.54, 1.807) is 12.1 Å². The Morgan fingerprint density at radius 2 is 1.06 bits per heavy atom. The zero-order valence-corrected chi connectivity index (χ0v) is 17.0. The van der Waals surface area contributed by atoms with E-state index in [1.165, 1.54) is 0 Å². The number of phenolic OH excluding ortho intramolecular Hbond substituents is 2. The fourth-order valence-electron chi connectivity index (χ4n) is 4.96. The molecule has 0 radical (unpaired) electrons. The first kappa shape index (κ1) is 17.8. The molecule has 1 aliphatic heterocycles. The predicted octanol–water partition coefficient (Wildman–Crippen LogP) is 6.86. The molecule has 0 amide bonds. The van der Waals surface area contributed by atoms with E-state index in [-0.39, 0.29) is 11.5 Å². The molecule has 5 aromatic rings. The average molecular weight is 404 g/mol. The van der Waals surface area contributed by atoms with Gasteiger partial charge in [0.15, 0.2) is 0 Å². The second-order valence-corrected chi connectivity index (χ2v) is 8.22. The molecular formula is C28H20O3. The zero-order chi connectivity index (χ0) is 21.2. The summed E-state index contributed by atoms with van der Waals surface area (Å²) in [5, 5.41) is 24.1. The van der Waals surface area contributed by atoms with E-state index in [0.29, 0.717) is 0 Å². The van der Waals surface area contributed by atoms with Crippen LogP contribution in [0.4, 0.5) is 0 Å². The highest BCUT2D eigenvalue weighted by Crippen LogP contribution is 2.56. The minimum absolute atomic E-state index is 0.228. The third-order valence-electron chi connectivity index (χ3n) is 6.61. The van der Waals surface area contributed by atoms with Gasteiger partial charge in [-0.2, -0.15) is 0 Å². The number of benzene rings is 5. The van der Waals surface area contributed by atoms with Crippen LogP contribution in [0, 0.1) is 0 Å². The summed E-state index contributed by atoms with van der Waals surface area (Å²) in [5.41, 5.74) is 2.77. The van der Waals surface area contributed by atoms with E-state index >= 15 is 0 Å². The van der Waals surface area contributed by atoms with Gasteiger partial charge in [0.05, 0.1) is 0 Å². The van der Waals surface area contributed by atoms with Crippen molar-refractivity contribution in [2.45, 2.75) is 12.3 Å². The lowest BCUT2D eigenvalue weighted by atomic mass is 9.68. The van der Waals surface area contributed by atoms with Crippen LogP contribution in [0.5, 0.6) is 23.0 Å². The van der Waals surface area contributed by atoms with Gasteiger partial charge in [-0.15, -0.1) is 0 Å². The second-order valence-electron chi connectivity index (χ2n) is 8.22. The van der Waals surface area contributed by atoms with Crippen molar-refractivity contribution in [3.8, 4) is 23.0 Å². The molecule has 0 fully saturated rings. The Kier molecular flexibility index (Phi) is 3.60. The Hall–Kier alpha value is -3.98. The Morgan fingerprint density at radius 1 is 0.548 bits per heavy atom. The molecule has 0 saturated heterocycles. The van der Waals surface area contributed by atoms with Gasteiger partial charge in [0.25, 0.3) is 0 Å². The van der Waals surface area contributed by atoms with Crippen LogP contribution >= 0.6 is 0 Å². The highest BCUT2D eigenvalue weighted by molar-refractivity contribution is 5.99. The monoisotopic (exact) mass is 404 g/mol. The molecule has 1 aliphatic rings. The van der Waals surface area contributed by atoms with Crippen molar-refractivity contribution in [2.75, 3.05) is 0 Å². The van der Waals surface area contributed by atoms with Gasteiger partial charge in [-0.05, 0) is 24.6 Å². The first-order valence-corrected chi connectivity index (χ1v) is 10.3. The first-order valence-electron chi connectivity index (χ1n) is 10.3. The van der Waals surface area contributed by atoms with Crippen molar-refractivity contribution in [3.05, 3.63) is 108 Å². The molecule has 0 unspecified atom stereocenters. The molecule has 2 N–H and O–H groups in total. The Labute approximate surface area is 179 Å². The molecule has 150 valence electrons. The van der Waals surface area contributed by atoms with Crippen molar-refractivity contribution in [1.82, 2.24) is 0 Å². The van der Waals surface area contributed by atoms with E-state index in [9.17, 15) is 10.2 Å². The van der Waals surface area contributed by atoms with Crippen molar-refractivity contribution in [3.63, 3.8) is 0 Å². The largest absolute Gasteiger partial charge is 0.507 e. The maximum absolute atomic E-state index is 10.4. The molecule has 6 rings (SSSR count). The third-order valence-corrected chi connectivity index (χ3v) is 6.61. The molecule has 3 nitrogen and oxygen atoms in total. The van der Waals surface area contributed by atoms with Gasteiger partial charge in [-0.1, -0.05) is 78.9 Å². The maximum atomic E-state index is 10.4. The third kappa shape index (κ3) is 2.34. The SMILES string of the molecule is CC1(c2ccccc2)c2ccc3c(O)cccc3c2Oc2c1ccc1c(O)cccc21. The first-order chi connectivity index (χ1) is 15.1. The minimum Gasteiger partial charge on any atom is -0.507 e. The topological polar surface area (TPSA) is 49.7 Å². The molecule has 0 saturated carbocycles. The van der Waals surface area contributed by atoms with Crippen LogP contribution in [-0.2, 0) is 5.41 Å². The van der Waals surface area contributed by atoms with Gasteiger partial charge in [0, 0.05) is 38.1 Å². The summed E-state index contributed by atoms with van der Waals surface area (Å²) in [6.45, 7) is 2.21. The Morgan fingerprint density at radius 3 is 1.58 bits per heavy atom. The van der Waals surface area contributed by atoms with E-state index < -0.39 is 5.41 Å². The standard InChI is InChI=1S/C28H20O3/c1-28(17-7-3-2-4-8-17)22-15-13-18-20(9-5-11-24(18)29)26(22)31-27-21-10-6-12-25(30)19(21)14-16-23(27)28/h2-16,29-30H,1H3. The van der Waals surface area contributed by atoms with Crippen molar-refractivity contribution in [1.29, 1.82) is 0 Å². The number of aromatic hydroxyl groups is 2. The number of rotatable bonds is 1. The number of fused-ring (bicyclic) bond motifs is 6. The summed E-state index contributed by atoms with van der Waals surface area (Å²) in [5.74, 6) is 1.93. The normalized spacial score (nSPS) is 14.1. The zero-order valence-electron chi connectivity index (χ0n) is 17.0. The average Bonchev–Trinajstić information content (AvgIpc) is 2.80. The lowest BCUT2D eigenvalue weighted by Gasteiger charge is -2.39. The van der Waals surface area contributed by atoms with Gasteiger partial charge >= 0.3 is 0 Å². The van der Waals surface area contributed by atoms with Crippen LogP contribution in [0.3, 0.4) is 0 Å². The predicted molar refractivity (Wildman–Crippen MR) is 123 cm³/mol. The fourth-order valence-corrected chi connectivity index (χ4v) is 4.96. The van der Waals surface area contributed by atoms with Crippen LogP contribution in [0.1, 0.15) is 23.6 Å². The highest BCUT2D eigenvalue weighted by Gasteiger charge is 2.41. The van der Waals surface area contributed by atoms with E-state index in [0.717, 1.165) is 49.7 Å². The fraction of sp³-hybridized carbons (Fsp3) is 0.0714. The molecule has 0 atom stereocenters.